The number of aliphatic carboxylic acids is 1. The predicted octanol–water partition coefficient (Wildman–Crippen LogP) is 9.84. The molecular weight excluding hydrogens is 1020 g/mol. The van der Waals surface area contributed by atoms with Gasteiger partial charge in [-0.1, -0.05) is 12.1 Å². The number of anilines is 4. The lowest BCUT2D eigenvalue weighted by Crippen LogP contribution is -2.50. The quantitative estimate of drug-likeness (QED) is 0.0606. The maximum absolute atomic E-state index is 15.0. The number of rotatable bonds is 16. The van der Waals surface area contributed by atoms with Gasteiger partial charge in [-0.2, -0.15) is 0 Å². The van der Waals surface area contributed by atoms with Gasteiger partial charge in [0.25, 0.3) is 0 Å². The molecule has 0 amide bonds. The average molecular weight is 1090 g/mol. The van der Waals surface area contributed by atoms with Crippen molar-refractivity contribution < 1.29 is 41.7 Å². The van der Waals surface area contributed by atoms with E-state index in [1.807, 2.05) is 76.7 Å². The number of ether oxygens (including phenoxy) is 2. The summed E-state index contributed by atoms with van der Waals surface area (Å²) in [5.74, 6) is -0.790. The molecule has 0 aliphatic carbocycles. The zero-order valence-electron chi connectivity index (χ0n) is 45.2. The Labute approximate surface area is 453 Å². The van der Waals surface area contributed by atoms with Crippen LogP contribution in [-0.4, -0.2) is 127 Å². The number of fused-ring (bicyclic) bond motifs is 2. The minimum atomic E-state index is -0.893. The molecule has 2 aliphatic heterocycles. The zero-order chi connectivity index (χ0) is 56.3. The molecule has 0 saturated carbocycles. The van der Waals surface area contributed by atoms with Gasteiger partial charge in [0.15, 0.2) is 23.3 Å². The van der Waals surface area contributed by atoms with Crippen molar-refractivity contribution in [3.8, 4) is 22.5 Å². The zero-order valence-corrected chi connectivity index (χ0v) is 45.2. The van der Waals surface area contributed by atoms with Crippen LogP contribution in [0.1, 0.15) is 89.2 Å². The fraction of sp³-hybridized carbons (Fsp3) is 0.393. The van der Waals surface area contributed by atoms with E-state index < -0.39 is 40.4 Å². The number of aldehydes is 1. The van der Waals surface area contributed by atoms with E-state index in [9.17, 15) is 32.3 Å². The van der Waals surface area contributed by atoms with Crippen molar-refractivity contribution in [1.82, 2.24) is 58.8 Å². The first-order valence-corrected chi connectivity index (χ1v) is 25.9. The van der Waals surface area contributed by atoms with Crippen LogP contribution in [-0.2, 0) is 32.2 Å². The van der Waals surface area contributed by atoms with Crippen molar-refractivity contribution in [2.45, 2.75) is 105 Å². The van der Waals surface area contributed by atoms with Crippen LogP contribution in [0.3, 0.4) is 0 Å². The van der Waals surface area contributed by atoms with Crippen LogP contribution >= 0.6 is 0 Å². The van der Waals surface area contributed by atoms with Gasteiger partial charge in [0, 0.05) is 81.3 Å². The number of morpholine rings is 2. The Bertz CT molecular complexity index is 3520. The van der Waals surface area contributed by atoms with Crippen LogP contribution in [0.4, 0.5) is 41.1 Å². The summed E-state index contributed by atoms with van der Waals surface area (Å²) in [4.78, 5) is 60.8. The highest BCUT2D eigenvalue weighted by atomic mass is 19.1. The van der Waals surface area contributed by atoms with Gasteiger partial charge < -0.3 is 39.1 Å². The maximum Gasteiger partial charge on any atom is 0.306 e. The third kappa shape index (κ3) is 12.9. The standard InChI is InChI=1S/C28H31F2N7O3.C28H31F2N7O2/c1-16(2)37-17(3)33-26-20(29)9-19(10-22(26)37)25-21(30)13-32-27(35-25)34-23-6-5-18(12-31-23)14-36-7-8-40-28(4,15-36)11-24(38)39;1-17(2)37-18(3)33-26-21(29)11-20(12-23(26)37)25-22(30)14-32-27(35-25)34-24-6-5-19(13-31-24)15-36-8-10-39-28(4,16-36)7-9-38/h5-6,9-10,12-13,16H,7-8,11,14-15H2,1-4H3,(H,38,39)(H,31,32,34,35);5-6,9,11-14,17H,7-8,10,15-16H2,1-4H3,(H,31,32,34,35)/t2*28-/m11/s1. The number of hydrogen-bond acceptors (Lipinski definition) is 16. The van der Waals surface area contributed by atoms with E-state index in [2.05, 4.69) is 60.3 Å². The molecule has 79 heavy (non-hydrogen) atoms. The van der Waals surface area contributed by atoms with E-state index in [4.69, 9.17) is 9.47 Å². The monoisotopic (exact) mass is 1090 g/mol. The SMILES string of the molecule is Cc1nc2c(F)cc(-c3nc(Nc4ccc(CN5CCO[C@](C)(CC(=O)O)C5)cn4)ncc3F)cc2n1C(C)C.Cc1nc2c(F)cc(-c3nc(Nc4ccc(CN5CCO[C@](C)(CC=O)C5)cn4)ncc3F)cc2n1C(C)C. The highest BCUT2D eigenvalue weighted by Crippen LogP contribution is 2.33. The first-order chi connectivity index (χ1) is 37.7. The van der Waals surface area contributed by atoms with Gasteiger partial charge in [-0.05, 0) is 103 Å². The molecule has 2 saturated heterocycles. The lowest BCUT2D eigenvalue weighted by Gasteiger charge is -2.39. The molecule has 0 bridgehead atoms. The summed E-state index contributed by atoms with van der Waals surface area (Å²) in [5, 5.41) is 15.2. The number of carboxylic acids is 1. The van der Waals surface area contributed by atoms with Crippen LogP contribution in [0.5, 0.6) is 0 Å². The lowest BCUT2D eigenvalue weighted by atomic mass is 9.99. The molecule has 10 rings (SSSR count). The number of benzene rings is 2. The molecular formula is C56H62F4N14O5. The number of halogens is 4. The van der Waals surface area contributed by atoms with Gasteiger partial charge in [-0.3, -0.25) is 14.6 Å². The number of pyridine rings is 2. The van der Waals surface area contributed by atoms with Gasteiger partial charge in [0.1, 0.15) is 52.0 Å². The summed E-state index contributed by atoms with van der Waals surface area (Å²) in [7, 11) is 0. The molecule has 19 nitrogen and oxygen atoms in total. The smallest absolute Gasteiger partial charge is 0.306 e. The fourth-order valence-corrected chi connectivity index (χ4v) is 10.3. The summed E-state index contributed by atoms with van der Waals surface area (Å²) in [6.45, 7) is 20.2. The number of nitrogens with one attached hydrogen (secondary N) is 2. The molecule has 0 unspecified atom stereocenters. The molecule has 3 N–H and O–H groups in total. The van der Waals surface area contributed by atoms with E-state index in [1.54, 1.807) is 36.7 Å². The Morgan fingerprint density at radius 3 is 1.49 bits per heavy atom. The molecule has 0 radical (unpaired) electrons. The minimum absolute atomic E-state index is 0.0234. The summed E-state index contributed by atoms with van der Waals surface area (Å²) in [6, 6.07) is 13.3. The minimum Gasteiger partial charge on any atom is -0.481 e. The molecule has 6 aromatic heterocycles. The van der Waals surface area contributed by atoms with Crippen molar-refractivity contribution in [3.05, 3.63) is 119 Å². The molecule has 2 fully saturated rings. The summed E-state index contributed by atoms with van der Waals surface area (Å²) < 4.78 is 74.9. The van der Waals surface area contributed by atoms with Gasteiger partial charge in [0.2, 0.25) is 11.9 Å². The van der Waals surface area contributed by atoms with Crippen molar-refractivity contribution in [2.24, 2.45) is 0 Å². The van der Waals surface area contributed by atoms with Gasteiger partial charge in [0.05, 0.1) is 54.3 Å². The largest absolute Gasteiger partial charge is 0.481 e. The third-order valence-electron chi connectivity index (χ3n) is 13.7. The number of carbonyl (C=O) groups excluding carboxylic acids is 1. The number of aryl methyl sites for hydroxylation is 2. The van der Waals surface area contributed by atoms with Crippen molar-refractivity contribution in [2.75, 3.05) is 50.0 Å². The Morgan fingerprint density at radius 2 is 1.09 bits per heavy atom. The van der Waals surface area contributed by atoms with Gasteiger partial charge >= 0.3 is 5.97 Å². The number of aromatic nitrogens is 10. The highest BCUT2D eigenvalue weighted by Gasteiger charge is 2.35. The topological polar surface area (TPSA) is 216 Å². The maximum atomic E-state index is 15.0. The third-order valence-corrected chi connectivity index (χ3v) is 13.7. The van der Waals surface area contributed by atoms with Crippen LogP contribution < -0.4 is 10.6 Å². The molecule has 23 heteroatoms. The molecule has 414 valence electrons. The number of carbonyl (C=O) groups is 2. The Balaban J connectivity index is 0.000000192. The van der Waals surface area contributed by atoms with Crippen LogP contribution in [0.15, 0.2) is 73.3 Å². The first-order valence-electron chi connectivity index (χ1n) is 25.9. The number of nitrogens with zero attached hydrogens (tertiary/aromatic N) is 12. The lowest BCUT2D eigenvalue weighted by molar-refractivity contribution is -0.152. The van der Waals surface area contributed by atoms with Crippen LogP contribution in [0.2, 0.25) is 0 Å². The van der Waals surface area contributed by atoms with Crippen molar-refractivity contribution in [3.63, 3.8) is 0 Å². The highest BCUT2D eigenvalue weighted by molar-refractivity contribution is 5.84. The van der Waals surface area contributed by atoms with E-state index in [-0.39, 0.29) is 58.4 Å². The normalized spacial score (nSPS) is 18.1. The van der Waals surface area contributed by atoms with Crippen LogP contribution in [0, 0.1) is 37.1 Å². The molecule has 8 heterocycles. The fourth-order valence-electron chi connectivity index (χ4n) is 10.3. The second-order valence-corrected chi connectivity index (χ2v) is 21.0. The Hall–Kier alpha value is -7.86. The van der Waals surface area contributed by atoms with Crippen molar-refractivity contribution >= 4 is 57.9 Å². The Morgan fingerprint density at radius 1 is 0.646 bits per heavy atom. The number of imidazole rings is 2. The predicted molar refractivity (Wildman–Crippen MR) is 289 cm³/mol. The number of carboxylic acid groups (broad SMARTS) is 1. The number of hydrogen-bond donors (Lipinski definition) is 3. The molecule has 0 spiro atoms. The van der Waals surface area contributed by atoms with Gasteiger partial charge in [-0.15, -0.1) is 0 Å². The molecule has 2 aliphatic rings. The second-order valence-electron chi connectivity index (χ2n) is 21.0. The van der Waals surface area contributed by atoms with E-state index >= 15 is 0 Å². The van der Waals surface area contributed by atoms with Crippen LogP contribution in [0.25, 0.3) is 44.6 Å². The second kappa shape index (κ2) is 23.2. The summed E-state index contributed by atoms with van der Waals surface area (Å²) >= 11 is 0. The van der Waals surface area contributed by atoms with E-state index in [1.165, 1.54) is 12.1 Å². The summed E-state index contributed by atoms with van der Waals surface area (Å²) in [6.07, 6.45) is 6.73. The van der Waals surface area contributed by atoms with E-state index in [0.29, 0.717) is 92.2 Å². The molecule has 2 aromatic carbocycles. The van der Waals surface area contributed by atoms with E-state index in [0.717, 1.165) is 36.4 Å². The Kier molecular flexibility index (Phi) is 16.4. The van der Waals surface area contributed by atoms with Crippen molar-refractivity contribution in [1.29, 1.82) is 0 Å². The summed E-state index contributed by atoms with van der Waals surface area (Å²) in [5.41, 5.74) is 2.84. The molecule has 2 atom stereocenters. The van der Waals surface area contributed by atoms with Gasteiger partial charge in [-0.25, -0.2) is 57.4 Å². The average Bonchev–Trinajstić information content (AvgIpc) is 4.15. The molecule has 8 aromatic rings. The first kappa shape index (κ1) is 55.9.